The van der Waals surface area contributed by atoms with Crippen molar-refractivity contribution in [2.45, 2.75) is 84.3 Å². The van der Waals surface area contributed by atoms with Gasteiger partial charge in [-0.3, -0.25) is 14.4 Å². The molecule has 7 atom stereocenters. The standard InChI is InChI=1S/C24H34O5/c1-14(25)24(29-15(2)26)11-8-19-17-13-21(28-5)20-12-16(27)6-9-22(20,3)18(17)7-10-23(19,24)4/h12,17-19,21H,6-11,13H2,1-5H3/t17-,18+,19+,21-,22-,23+,24+/m1/s1. The molecule has 5 heteroatoms. The lowest BCUT2D eigenvalue weighted by atomic mass is 9.45. The molecule has 0 unspecified atom stereocenters. The largest absolute Gasteiger partial charge is 0.451 e. The van der Waals surface area contributed by atoms with Crippen LogP contribution in [0.25, 0.3) is 0 Å². The summed E-state index contributed by atoms with van der Waals surface area (Å²) in [6, 6.07) is 0. The van der Waals surface area contributed by atoms with Gasteiger partial charge in [0.1, 0.15) is 0 Å². The number of fused-ring (bicyclic) bond motifs is 5. The zero-order valence-corrected chi connectivity index (χ0v) is 18.4. The number of ketones is 2. The maximum atomic E-state index is 12.8. The molecule has 0 N–H and O–H groups in total. The summed E-state index contributed by atoms with van der Waals surface area (Å²) >= 11 is 0. The Morgan fingerprint density at radius 1 is 1.07 bits per heavy atom. The third-order valence-corrected chi connectivity index (χ3v) is 9.25. The van der Waals surface area contributed by atoms with Crippen molar-refractivity contribution < 1.29 is 23.9 Å². The van der Waals surface area contributed by atoms with Crippen LogP contribution in [0, 0.1) is 28.6 Å². The molecule has 0 spiro atoms. The highest BCUT2D eigenvalue weighted by molar-refractivity contribution is 5.92. The van der Waals surface area contributed by atoms with E-state index in [4.69, 9.17) is 9.47 Å². The van der Waals surface area contributed by atoms with E-state index in [-0.39, 0.29) is 34.5 Å². The molecule has 0 radical (unpaired) electrons. The fourth-order valence-corrected chi connectivity index (χ4v) is 7.86. The number of carbonyl (C=O) groups excluding carboxylic acids is 3. The van der Waals surface area contributed by atoms with Crippen molar-refractivity contribution in [2.24, 2.45) is 28.6 Å². The van der Waals surface area contributed by atoms with Crippen molar-refractivity contribution in [3.05, 3.63) is 11.6 Å². The van der Waals surface area contributed by atoms with Crippen molar-refractivity contribution in [1.29, 1.82) is 0 Å². The van der Waals surface area contributed by atoms with E-state index in [2.05, 4.69) is 13.8 Å². The first-order valence-corrected chi connectivity index (χ1v) is 11.1. The maximum absolute atomic E-state index is 12.8. The summed E-state index contributed by atoms with van der Waals surface area (Å²) in [6.07, 6.45) is 7.55. The highest BCUT2D eigenvalue weighted by Crippen LogP contribution is 2.68. The second-order valence-electron chi connectivity index (χ2n) is 10.3. The van der Waals surface area contributed by atoms with Gasteiger partial charge in [0.15, 0.2) is 17.2 Å². The number of rotatable bonds is 3. The van der Waals surface area contributed by atoms with Crippen LogP contribution in [0.4, 0.5) is 0 Å². The van der Waals surface area contributed by atoms with Crippen molar-refractivity contribution in [2.75, 3.05) is 7.11 Å². The first-order valence-electron chi connectivity index (χ1n) is 11.1. The minimum absolute atomic E-state index is 0.0229. The third kappa shape index (κ3) is 2.72. The van der Waals surface area contributed by atoms with E-state index in [1.807, 2.05) is 6.08 Å². The average Bonchev–Trinajstić information content (AvgIpc) is 2.95. The summed E-state index contributed by atoms with van der Waals surface area (Å²) in [5.74, 6) is 1.02. The van der Waals surface area contributed by atoms with Crippen LogP contribution in [-0.4, -0.2) is 36.4 Å². The van der Waals surface area contributed by atoms with E-state index in [9.17, 15) is 14.4 Å². The van der Waals surface area contributed by atoms with Crippen molar-refractivity contribution >= 4 is 17.5 Å². The predicted molar refractivity (Wildman–Crippen MR) is 108 cm³/mol. The molecule has 3 saturated carbocycles. The summed E-state index contributed by atoms with van der Waals surface area (Å²) < 4.78 is 11.7. The molecule has 0 aliphatic heterocycles. The van der Waals surface area contributed by atoms with Crippen LogP contribution in [0.1, 0.15) is 72.6 Å². The second kappa shape index (κ2) is 6.76. The van der Waals surface area contributed by atoms with E-state index >= 15 is 0 Å². The summed E-state index contributed by atoms with van der Waals surface area (Å²) in [7, 11) is 1.74. The quantitative estimate of drug-likeness (QED) is 0.667. The Labute approximate surface area is 173 Å². The van der Waals surface area contributed by atoms with Crippen LogP contribution >= 0.6 is 0 Å². The van der Waals surface area contributed by atoms with Crippen LogP contribution in [0.5, 0.6) is 0 Å². The molecule has 160 valence electrons. The van der Waals surface area contributed by atoms with E-state index in [1.54, 1.807) is 14.0 Å². The van der Waals surface area contributed by atoms with Gasteiger partial charge in [-0.15, -0.1) is 0 Å². The number of esters is 1. The van der Waals surface area contributed by atoms with E-state index < -0.39 is 5.60 Å². The summed E-state index contributed by atoms with van der Waals surface area (Å²) in [5, 5.41) is 0. The Morgan fingerprint density at radius 2 is 1.76 bits per heavy atom. The molecule has 0 aromatic heterocycles. The second-order valence-corrected chi connectivity index (χ2v) is 10.3. The van der Waals surface area contributed by atoms with Crippen molar-refractivity contribution in [3.63, 3.8) is 0 Å². The molecule has 3 fully saturated rings. The summed E-state index contributed by atoms with van der Waals surface area (Å²) in [4.78, 5) is 36.9. The van der Waals surface area contributed by atoms with Crippen LogP contribution < -0.4 is 0 Å². The fourth-order valence-electron chi connectivity index (χ4n) is 7.86. The van der Waals surface area contributed by atoms with Gasteiger partial charge >= 0.3 is 5.97 Å². The normalized spacial score (nSPS) is 46.2. The molecule has 29 heavy (non-hydrogen) atoms. The number of hydrogen-bond donors (Lipinski definition) is 0. The number of hydrogen-bond acceptors (Lipinski definition) is 5. The van der Waals surface area contributed by atoms with Gasteiger partial charge in [0.2, 0.25) is 0 Å². The molecule has 5 nitrogen and oxygen atoms in total. The molecule has 0 amide bonds. The molecular weight excluding hydrogens is 368 g/mol. The van der Waals surface area contributed by atoms with Crippen LogP contribution in [0.15, 0.2) is 11.6 Å². The van der Waals surface area contributed by atoms with Gasteiger partial charge in [-0.05, 0) is 80.3 Å². The monoisotopic (exact) mass is 402 g/mol. The highest BCUT2D eigenvalue weighted by atomic mass is 16.6. The summed E-state index contributed by atoms with van der Waals surface area (Å²) in [6.45, 7) is 7.48. The molecule has 0 aromatic carbocycles. The van der Waals surface area contributed by atoms with Gasteiger partial charge in [-0.2, -0.15) is 0 Å². The molecule has 0 saturated heterocycles. The minimum atomic E-state index is -1.00. The van der Waals surface area contributed by atoms with E-state index in [0.29, 0.717) is 30.6 Å². The number of carbonyl (C=O) groups is 3. The Balaban J connectivity index is 1.75. The van der Waals surface area contributed by atoms with E-state index in [0.717, 1.165) is 32.1 Å². The fraction of sp³-hybridized carbons (Fsp3) is 0.792. The number of ether oxygens (including phenoxy) is 2. The van der Waals surface area contributed by atoms with Crippen LogP contribution in [-0.2, 0) is 23.9 Å². The average molecular weight is 403 g/mol. The van der Waals surface area contributed by atoms with Gasteiger partial charge in [0.25, 0.3) is 0 Å². The third-order valence-electron chi connectivity index (χ3n) is 9.25. The predicted octanol–water partition coefficient (Wildman–Crippen LogP) is 4.03. The van der Waals surface area contributed by atoms with Crippen molar-refractivity contribution in [1.82, 2.24) is 0 Å². The molecule has 0 aromatic rings. The first-order chi connectivity index (χ1) is 13.6. The maximum Gasteiger partial charge on any atom is 0.303 e. The molecule has 0 bridgehead atoms. The Bertz CT molecular complexity index is 784. The first kappa shape index (κ1) is 20.8. The van der Waals surface area contributed by atoms with Crippen LogP contribution in [0.3, 0.4) is 0 Å². The van der Waals surface area contributed by atoms with Crippen LogP contribution in [0.2, 0.25) is 0 Å². The molecule has 4 aliphatic carbocycles. The smallest absolute Gasteiger partial charge is 0.303 e. The highest BCUT2D eigenvalue weighted by Gasteiger charge is 2.68. The summed E-state index contributed by atoms with van der Waals surface area (Å²) in [5.41, 5.74) is -0.193. The molecule has 0 heterocycles. The lowest BCUT2D eigenvalue weighted by Crippen LogP contribution is -2.60. The Morgan fingerprint density at radius 3 is 2.38 bits per heavy atom. The molecular formula is C24H34O5. The number of methoxy groups -OCH3 is 1. The zero-order valence-electron chi connectivity index (χ0n) is 18.4. The minimum Gasteiger partial charge on any atom is -0.451 e. The van der Waals surface area contributed by atoms with Gasteiger partial charge in [0.05, 0.1) is 6.10 Å². The Kier molecular flexibility index (Phi) is 4.84. The lowest BCUT2D eigenvalue weighted by Gasteiger charge is -2.60. The molecule has 4 rings (SSSR count). The lowest BCUT2D eigenvalue weighted by molar-refractivity contribution is -0.188. The van der Waals surface area contributed by atoms with Gasteiger partial charge in [-0.25, -0.2) is 0 Å². The SMILES string of the molecule is CO[C@@H]1C[C@@H]2[C@H](CC[C@@]3(C)[C@H]2CC[C@]3(OC(C)=O)C(C)=O)[C@@]2(C)CCC(=O)C=C12. The van der Waals surface area contributed by atoms with Gasteiger partial charge < -0.3 is 9.47 Å². The van der Waals surface area contributed by atoms with Gasteiger partial charge in [0, 0.05) is 25.9 Å². The number of Topliss-reactive ketones (excluding diaryl/α,β-unsaturated/α-hetero) is 1. The zero-order chi connectivity index (χ0) is 21.2. The van der Waals surface area contributed by atoms with Crippen molar-refractivity contribution in [3.8, 4) is 0 Å². The topological polar surface area (TPSA) is 69.7 Å². The van der Waals surface area contributed by atoms with Gasteiger partial charge in [-0.1, -0.05) is 13.8 Å². The Hall–Kier alpha value is -1.49. The molecule has 4 aliphatic rings. The van der Waals surface area contributed by atoms with E-state index in [1.165, 1.54) is 12.5 Å².